The fraction of sp³-hybridized carbons (Fsp3) is 0.294. The van der Waals surface area contributed by atoms with E-state index in [0.717, 1.165) is 0 Å². The van der Waals surface area contributed by atoms with Crippen LogP contribution in [0.2, 0.25) is 0 Å². The fourth-order valence-electron chi connectivity index (χ4n) is 2.44. The van der Waals surface area contributed by atoms with Gasteiger partial charge in [-0.2, -0.15) is 0 Å². The van der Waals surface area contributed by atoms with E-state index < -0.39 is 10.7 Å². The molecule has 0 aliphatic carbocycles. The van der Waals surface area contributed by atoms with Crippen LogP contribution >= 0.6 is 0 Å². The van der Waals surface area contributed by atoms with Gasteiger partial charge in [0, 0.05) is 7.05 Å². The third-order valence-corrected chi connectivity index (χ3v) is 3.75. The number of likely N-dealkylation sites (N-methyl/N-ethyl adjacent to an activating group) is 1. The summed E-state index contributed by atoms with van der Waals surface area (Å²) < 4.78 is 16.7. The summed E-state index contributed by atoms with van der Waals surface area (Å²) in [7, 11) is 1.60. The van der Waals surface area contributed by atoms with Gasteiger partial charge in [-0.3, -0.25) is 4.79 Å². The molecule has 0 unspecified atom stereocenters. The van der Waals surface area contributed by atoms with Crippen LogP contribution in [0.5, 0.6) is 17.2 Å². The Labute approximate surface area is 149 Å². The van der Waals surface area contributed by atoms with Gasteiger partial charge in [0.25, 0.3) is 5.91 Å². The normalized spacial score (nSPS) is 15.2. The van der Waals surface area contributed by atoms with E-state index in [1.807, 2.05) is 18.2 Å². The van der Waals surface area contributed by atoms with Crippen molar-refractivity contribution in [2.24, 2.45) is 0 Å². The number of rotatable bonds is 6. The quantitative estimate of drug-likeness (QED) is 0.571. The predicted molar refractivity (Wildman–Crippen MR) is 90.4 cm³/mol. The van der Waals surface area contributed by atoms with Gasteiger partial charge in [-0.1, -0.05) is 12.1 Å². The van der Waals surface area contributed by atoms with Gasteiger partial charge in [-0.25, -0.2) is 0 Å². The van der Waals surface area contributed by atoms with Crippen molar-refractivity contribution in [2.45, 2.75) is 6.10 Å². The lowest BCUT2D eigenvalue weighted by Crippen LogP contribution is -2.43. The average molecular weight is 359 g/mol. The number of aromatic nitrogens is 1. The van der Waals surface area contributed by atoms with Gasteiger partial charge in [-0.05, 0) is 34.2 Å². The van der Waals surface area contributed by atoms with Crippen LogP contribution in [-0.4, -0.2) is 53.6 Å². The summed E-state index contributed by atoms with van der Waals surface area (Å²) in [6.45, 7) is 0.280. The molecule has 0 fully saturated rings. The molecule has 3 rings (SSSR count). The Morgan fingerprint density at radius 3 is 2.88 bits per heavy atom. The van der Waals surface area contributed by atoms with Crippen LogP contribution in [0.15, 0.2) is 42.6 Å². The third-order valence-electron chi connectivity index (χ3n) is 3.75. The van der Waals surface area contributed by atoms with Crippen LogP contribution < -0.4 is 14.2 Å². The Morgan fingerprint density at radius 1 is 1.35 bits per heavy atom. The second-order valence-electron chi connectivity index (χ2n) is 5.64. The number of carbonyl (C=O) groups is 1. The molecule has 0 bridgehead atoms. The number of nitrogens with zero attached hydrogens (tertiary/aromatic N) is 3. The summed E-state index contributed by atoms with van der Waals surface area (Å²) in [4.78, 5) is 27.5. The van der Waals surface area contributed by atoms with Crippen LogP contribution in [-0.2, 0) is 4.79 Å². The Balaban J connectivity index is 1.54. The van der Waals surface area contributed by atoms with Gasteiger partial charge in [0.15, 0.2) is 24.2 Å². The van der Waals surface area contributed by atoms with Gasteiger partial charge in [0.1, 0.15) is 12.8 Å². The first-order valence-corrected chi connectivity index (χ1v) is 7.89. The van der Waals surface area contributed by atoms with Gasteiger partial charge >= 0.3 is 5.82 Å². The highest BCUT2D eigenvalue weighted by atomic mass is 16.6. The molecular weight excluding hydrogens is 342 g/mol. The maximum Gasteiger partial charge on any atom is 0.406 e. The van der Waals surface area contributed by atoms with E-state index in [9.17, 15) is 14.9 Å². The number of amides is 1. The standard InChI is InChI=1S/C17H17N3O6/c1-19(9-12-10-24-13-5-2-3-6-14(13)26-12)16(21)11-25-15-7-4-8-18-17(15)20(22)23/h2-8,12H,9-11H2,1H3/t12-/m1/s1. The van der Waals surface area contributed by atoms with Gasteiger partial charge in [0.2, 0.25) is 5.75 Å². The molecule has 1 aliphatic rings. The second-order valence-corrected chi connectivity index (χ2v) is 5.64. The molecular formula is C17H17N3O6. The summed E-state index contributed by atoms with van der Waals surface area (Å²) in [6, 6.07) is 10.2. The molecule has 136 valence electrons. The first-order valence-electron chi connectivity index (χ1n) is 7.89. The van der Waals surface area contributed by atoms with Crippen molar-refractivity contribution >= 4 is 11.7 Å². The van der Waals surface area contributed by atoms with E-state index in [1.54, 1.807) is 13.1 Å². The fourth-order valence-corrected chi connectivity index (χ4v) is 2.44. The van der Waals surface area contributed by atoms with Crippen molar-refractivity contribution in [3.63, 3.8) is 0 Å². The summed E-state index contributed by atoms with van der Waals surface area (Å²) in [6.07, 6.45) is 0.976. The molecule has 1 aromatic carbocycles. The zero-order chi connectivity index (χ0) is 18.5. The molecule has 2 heterocycles. The molecule has 0 N–H and O–H groups in total. The van der Waals surface area contributed by atoms with E-state index in [4.69, 9.17) is 14.2 Å². The lowest BCUT2D eigenvalue weighted by molar-refractivity contribution is -0.390. The number of fused-ring (bicyclic) bond motifs is 1. The van der Waals surface area contributed by atoms with Crippen LogP contribution in [0, 0.1) is 10.1 Å². The minimum absolute atomic E-state index is 0.0505. The zero-order valence-corrected chi connectivity index (χ0v) is 14.0. The molecule has 1 amide bonds. The summed E-state index contributed by atoms with van der Waals surface area (Å²) in [5, 5.41) is 10.9. The van der Waals surface area contributed by atoms with Crippen molar-refractivity contribution in [3.05, 3.63) is 52.7 Å². The summed E-state index contributed by atoms with van der Waals surface area (Å²) in [5.74, 6) is 0.483. The van der Waals surface area contributed by atoms with Gasteiger partial charge < -0.3 is 29.2 Å². The molecule has 2 aromatic rings. The first-order chi connectivity index (χ1) is 12.5. The Hall–Kier alpha value is -3.36. The van der Waals surface area contributed by atoms with Gasteiger partial charge in [0.05, 0.1) is 6.54 Å². The number of carbonyl (C=O) groups excluding carboxylic acids is 1. The maximum absolute atomic E-state index is 12.2. The largest absolute Gasteiger partial charge is 0.486 e. The second kappa shape index (κ2) is 7.68. The average Bonchev–Trinajstić information content (AvgIpc) is 2.66. The van der Waals surface area contributed by atoms with E-state index in [0.29, 0.717) is 24.7 Å². The smallest absolute Gasteiger partial charge is 0.406 e. The highest BCUT2D eigenvalue weighted by molar-refractivity contribution is 5.77. The molecule has 9 heteroatoms. The maximum atomic E-state index is 12.2. The molecule has 26 heavy (non-hydrogen) atoms. The van der Waals surface area contributed by atoms with Crippen molar-refractivity contribution in [2.75, 3.05) is 26.8 Å². The van der Waals surface area contributed by atoms with E-state index in [1.165, 1.54) is 23.2 Å². The van der Waals surface area contributed by atoms with Crippen LogP contribution in [0.4, 0.5) is 5.82 Å². The van der Waals surface area contributed by atoms with E-state index in [-0.39, 0.29) is 24.4 Å². The summed E-state index contributed by atoms with van der Waals surface area (Å²) >= 11 is 0. The molecule has 9 nitrogen and oxygen atoms in total. The number of nitro groups is 1. The monoisotopic (exact) mass is 359 g/mol. The van der Waals surface area contributed by atoms with Crippen LogP contribution in [0.25, 0.3) is 0 Å². The minimum atomic E-state index is -0.659. The molecule has 1 aliphatic heterocycles. The Morgan fingerprint density at radius 2 is 2.12 bits per heavy atom. The van der Waals surface area contributed by atoms with Crippen LogP contribution in [0.3, 0.4) is 0 Å². The number of pyridine rings is 1. The Kier molecular flexibility index (Phi) is 5.16. The SMILES string of the molecule is CN(C[C@@H]1COc2ccccc2O1)C(=O)COc1cccnc1[N+](=O)[O-]. The molecule has 1 atom stereocenters. The molecule has 0 spiro atoms. The highest BCUT2D eigenvalue weighted by Gasteiger charge is 2.24. The summed E-state index contributed by atoms with van der Waals surface area (Å²) in [5.41, 5.74) is 0. The molecule has 0 saturated heterocycles. The number of para-hydroxylation sites is 2. The van der Waals surface area contributed by atoms with Crippen molar-refractivity contribution in [1.82, 2.24) is 9.88 Å². The number of hydrogen-bond donors (Lipinski definition) is 0. The Bertz CT molecular complexity index is 813. The first kappa shape index (κ1) is 17.5. The van der Waals surface area contributed by atoms with Crippen molar-refractivity contribution < 1.29 is 23.9 Å². The lowest BCUT2D eigenvalue weighted by Gasteiger charge is -2.29. The molecule has 0 radical (unpaired) electrons. The molecule has 0 saturated carbocycles. The minimum Gasteiger partial charge on any atom is -0.486 e. The highest BCUT2D eigenvalue weighted by Crippen LogP contribution is 2.31. The number of hydrogen-bond acceptors (Lipinski definition) is 7. The zero-order valence-electron chi connectivity index (χ0n) is 14.0. The van der Waals surface area contributed by atoms with Crippen molar-refractivity contribution in [1.29, 1.82) is 0 Å². The van der Waals surface area contributed by atoms with E-state index in [2.05, 4.69) is 4.98 Å². The number of benzene rings is 1. The van der Waals surface area contributed by atoms with E-state index >= 15 is 0 Å². The van der Waals surface area contributed by atoms with Crippen molar-refractivity contribution in [3.8, 4) is 17.2 Å². The predicted octanol–water partition coefficient (Wildman–Crippen LogP) is 1.67. The topological polar surface area (TPSA) is 104 Å². The lowest BCUT2D eigenvalue weighted by atomic mass is 10.2. The molecule has 1 aromatic heterocycles. The number of ether oxygens (including phenoxy) is 3. The van der Waals surface area contributed by atoms with Gasteiger partial charge in [-0.15, -0.1) is 0 Å². The van der Waals surface area contributed by atoms with Crippen LogP contribution in [0.1, 0.15) is 0 Å². The third kappa shape index (κ3) is 4.00.